The Morgan fingerprint density at radius 3 is 2.62 bits per heavy atom. The van der Waals surface area contributed by atoms with Crippen LogP contribution in [0.4, 0.5) is 4.39 Å². The second kappa shape index (κ2) is 4.94. The lowest BCUT2D eigenvalue weighted by Crippen LogP contribution is -2.00. The van der Waals surface area contributed by atoms with Gasteiger partial charge in [-0.2, -0.15) is 0 Å². The number of halogens is 1. The predicted molar refractivity (Wildman–Crippen MR) is 76.6 cm³/mol. The third-order valence-corrected chi connectivity index (χ3v) is 3.19. The molecule has 0 aliphatic rings. The first-order valence-corrected chi connectivity index (χ1v) is 6.33. The number of rotatable bonds is 2. The van der Waals surface area contributed by atoms with Gasteiger partial charge in [-0.25, -0.2) is 19.2 Å². The average Bonchev–Trinajstić information content (AvgIpc) is 2.46. The molecule has 1 heterocycles. The molecule has 0 aliphatic heterocycles. The van der Waals surface area contributed by atoms with Gasteiger partial charge in [-0.3, -0.25) is 0 Å². The van der Waals surface area contributed by atoms with Crippen LogP contribution in [0.1, 0.15) is 16.2 Å². The highest BCUT2D eigenvalue weighted by molar-refractivity contribution is 5.93. The highest BCUT2D eigenvalue weighted by Gasteiger charge is 2.14. The molecule has 0 radical (unpaired) electrons. The monoisotopic (exact) mass is 282 g/mol. The number of nitrogens with zero attached hydrogens (tertiary/aromatic N) is 2. The zero-order valence-corrected chi connectivity index (χ0v) is 11.2. The minimum Gasteiger partial charge on any atom is -0.478 e. The van der Waals surface area contributed by atoms with E-state index in [4.69, 9.17) is 5.11 Å². The van der Waals surface area contributed by atoms with Crippen molar-refractivity contribution in [2.24, 2.45) is 0 Å². The van der Waals surface area contributed by atoms with Crippen molar-refractivity contribution in [2.75, 3.05) is 0 Å². The van der Waals surface area contributed by atoms with Crippen LogP contribution in [-0.2, 0) is 0 Å². The molecule has 2 aromatic carbocycles. The second-order valence-electron chi connectivity index (χ2n) is 4.64. The summed E-state index contributed by atoms with van der Waals surface area (Å²) >= 11 is 0. The molecule has 1 aromatic heterocycles. The van der Waals surface area contributed by atoms with Crippen LogP contribution in [0.2, 0.25) is 0 Å². The Bertz CT molecular complexity index is 862. The fourth-order valence-electron chi connectivity index (χ4n) is 2.24. The Labute approximate surface area is 119 Å². The molecule has 21 heavy (non-hydrogen) atoms. The van der Waals surface area contributed by atoms with E-state index in [0.29, 0.717) is 11.5 Å². The van der Waals surface area contributed by atoms with Crippen LogP contribution in [0.5, 0.6) is 0 Å². The van der Waals surface area contributed by atoms with Gasteiger partial charge in [0.2, 0.25) is 0 Å². The van der Waals surface area contributed by atoms with E-state index in [1.165, 1.54) is 12.1 Å². The van der Waals surface area contributed by atoms with Gasteiger partial charge in [0.25, 0.3) is 0 Å². The maximum atomic E-state index is 14.2. The van der Waals surface area contributed by atoms with E-state index in [-0.39, 0.29) is 11.1 Å². The van der Waals surface area contributed by atoms with Gasteiger partial charge in [0.15, 0.2) is 0 Å². The number of aryl methyl sites for hydroxylation is 1. The molecule has 3 aromatic rings. The largest absolute Gasteiger partial charge is 0.478 e. The molecule has 3 rings (SSSR count). The van der Waals surface area contributed by atoms with E-state index in [9.17, 15) is 9.18 Å². The van der Waals surface area contributed by atoms with Crippen LogP contribution >= 0.6 is 0 Å². The molecule has 5 heteroatoms. The van der Waals surface area contributed by atoms with Gasteiger partial charge in [-0.05, 0) is 31.2 Å². The van der Waals surface area contributed by atoms with Crippen LogP contribution in [0.15, 0.2) is 42.5 Å². The number of carboxylic acid groups (broad SMARTS) is 1. The second-order valence-corrected chi connectivity index (χ2v) is 4.64. The summed E-state index contributed by atoms with van der Waals surface area (Å²) in [4.78, 5) is 19.5. The van der Waals surface area contributed by atoms with Crippen molar-refractivity contribution in [3.8, 4) is 11.3 Å². The van der Waals surface area contributed by atoms with Gasteiger partial charge < -0.3 is 5.11 Å². The molecule has 0 bridgehead atoms. The summed E-state index contributed by atoms with van der Waals surface area (Å²) in [6.45, 7) is 1.74. The number of hydrogen-bond donors (Lipinski definition) is 1. The lowest BCUT2D eigenvalue weighted by Gasteiger charge is -2.08. The van der Waals surface area contributed by atoms with E-state index in [2.05, 4.69) is 9.97 Å². The summed E-state index contributed by atoms with van der Waals surface area (Å²) in [7, 11) is 0. The van der Waals surface area contributed by atoms with Crippen LogP contribution in [0.3, 0.4) is 0 Å². The topological polar surface area (TPSA) is 63.1 Å². The lowest BCUT2D eigenvalue weighted by molar-refractivity contribution is 0.0696. The van der Waals surface area contributed by atoms with Crippen molar-refractivity contribution < 1.29 is 14.3 Å². The summed E-state index contributed by atoms with van der Waals surface area (Å²) in [5, 5.41) is 9.62. The normalized spacial score (nSPS) is 10.8. The minimum atomic E-state index is -1.16. The highest BCUT2D eigenvalue weighted by atomic mass is 19.1. The zero-order chi connectivity index (χ0) is 15.0. The number of aromatic nitrogens is 2. The van der Waals surface area contributed by atoms with Gasteiger partial charge in [0, 0.05) is 10.9 Å². The van der Waals surface area contributed by atoms with E-state index in [1.54, 1.807) is 6.92 Å². The maximum absolute atomic E-state index is 14.2. The molecule has 0 atom stereocenters. The Hall–Kier alpha value is -2.82. The number of carbonyl (C=O) groups is 1. The molecular weight excluding hydrogens is 271 g/mol. The van der Waals surface area contributed by atoms with Crippen molar-refractivity contribution in [1.82, 2.24) is 9.97 Å². The molecule has 0 spiro atoms. The Morgan fingerprint density at radius 1 is 1.14 bits per heavy atom. The maximum Gasteiger partial charge on any atom is 0.335 e. The average molecular weight is 282 g/mol. The lowest BCUT2D eigenvalue weighted by atomic mass is 10.0. The molecule has 0 unspecified atom stereocenters. The van der Waals surface area contributed by atoms with Gasteiger partial charge in [-0.15, -0.1) is 0 Å². The van der Waals surface area contributed by atoms with Crippen LogP contribution in [-0.4, -0.2) is 21.0 Å². The first kappa shape index (κ1) is 13.2. The SMILES string of the molecule is Cc1nc(-c2ccc(C(=O)O)cc2F)c2ccccc2n1. The standard InChI is InChI=1S/C16H11FN2O2/c1-9-18-14-5-3-2-4-12(14)15(19-9)11-7-6-10(16(20)21)8-13(11)17/h2-8H,1H3,(H,20,21). The Morgan fingerprint density at radius 2 is 1.90 bits per heavy atom. The van der Waals surface area contributed by atoms with Gasteiger partial charge in [0.05, 0.1) is 16.8 Å². The smallest absolute Gasteiger partial charge is 0.335 e. The van der Waals surface area contributed by atoms with E-state index >= 15 is 0 Å². The van der Waals surface area contributed by atoms with Gasteiger partial charge in [-0.1, -0.05) is 18.2 Å². The quantitative estimate of drug-likeness (QED) is 0.782. The molecule has 0 amide bonds. The summed E-state index contributed by atoms with van der Waals surface area (Å²) in [6, 6.07) is 11.1. The first-order valence-electron chi connectivity index (χ1n) is 6.33. The van der Waals surface area contributed by atoms with E-state index in [1.807, 2.05) is 24.3 Å². The third-order valence-electron chi connectivity index (χ3n) is 3.19. The van der Waals surface area contributed by atoms with Crippen molar-refractivity contribution in [3.63, 3.8) is 0 Å². The number of aromatic carboxylic acids is 1. The Balaban J connectivity index is 2.28. The van der Waals surface area contributed by atoms with E-state index < -0.39 is 11.8 Å². The van der Waals surface area contributed by atoms with Crippen molar-refractivity contribution in [1.29, 1.82) is 0 Å². The van der Waals surface area contributed by atoms with Crippen molar-refractivity contribution in [2.45, 2.75) is 6.92 Å². The molecule has 0 saturated carbocycles. The number of fused-ring (bicyclic) bond motifs is 1. The van der Waals surface area contributed by atoms with E-state index in [0.717, 1.165) is 17.0 Å². The first-order chi connectivity index (χ1) is 10.1. The van der Waals surface area contributed by atoms with Gasteiger partial charge in [0.1, 0.15) is 11.6 Å². The predicted octanol–water partition coefficient (Wildman–Crippen LogP) is 3.44. The molecular formula is C16H11FN2O2. The van der Waals surface area contributed by atoms with Crippen molar-refractivity contribution >= 4 is 16.9 Å². The van der Waals surface area contributed by atoms with Crippen molar-refractivity contribution in [3.05, 3.63) is 59.7 Å². The van der Waals surface area contributed by atoms with Crippen LogP contribution < -0.4 is 0 Å². The fraction of sp³-hybridized carbons (Fsp3) is 0.0625. The number of carboxylic acids is 1. The highest BCUT2D eigenvalue weighted by Crippen LogP contribution is 2.28. The molecule has 0 aliphatic carbocycles. The number of benzene rings is 2. The summed E-state index contributed by atoms with van der Waals surface area (Å²) < 4.78 is 14.2. The summed E-state index contributed by atoms with van der Waals surface area (Å²) in [5.41, 5.74) is 1.36. The number of para-hydroxylation sites is 1. The third kappa shape index (κ3) is 2.33. The van der Waals surface area contributed by atoms with Crippen LogP contribution in [0.25, 0.3) is 22.2 Å². The molecule has 104 valence electrons. The van der Waals surface area contributed by atoms with Crippen LogP contribution in [0, 0.1) is 12.7 Å². The molecule has 4 nitrogen and oxygen atoms in total. The Kier molecular flexibility index (Phi) is 3.10. The molecule has 1 N–H and O–H groups in total. The zero-order valence-electron chi connectivity index (χ0n) is 11.2. The fourth-order valence-corrected chi connectivity index (χ4v) is 2.24. The minimum absolute atomic E-state index is 0.0914. The van der Waals surface area contributed by atoms with Gasteiger partial charge >= 0.3 is 5.97 Å². The summed E-state index contributed by atoms with van der Waals surface area (Å²) in [5.74, 6) is -1.24. The number of hydrogen-bond acceptors (Lipinski definition) is 3. The molecule has 0 fully saturated rings. The summed E-state index contributed by atoms with van der Waals surface area (Å²) in [6.07, 6.45) is 0. The molecule has 0 saturated heterocycles.